The van der Waals surface area contributed by atoms with Crippen LogP contribution in [0.5, 0.6) is 0 Å². The third kappa shape index (κ3) is 1.84. The van der Waals surface area contributed by atoms with Crippen molar-refractivity contribution in [2.75, 3.05) is 5.73 Å². The van der Waals surface area contributed by atoms with Gasteiger partial charge in [-0.15, -0.1) is 0 Å². The fraction of sp³-hybridized carbons (Fsp3) is 0.231. The number of aromatic carboxylic acids is 1. The molecule has 2 aromatic rings. The van der Waals surface area contributed by atoms with Crippen LogP contribution in [0.25, 0.3) is 5.69 Å². The number of imidazole rings is 1. The highest BCUT2D eigenvalue weighted by Gasteiger charge is 2.13. The van der Waals surface area contributed by atoms with E-state index >= 15 is 0 Å². The Bertz CT molecular complexity index is 629. The summed E-state index contributed by atoms with van der Waals surface area (Å²) in [5.41, 5.74) is 9.60. The van der Waals surface area contributed by atoms with Gasteiger partial charge in [-0.3, -0.25) is 0 Å². The van der Waals surface area contributed by atoms with Crippen LogP contribution in [-0.4, -0.2) is 20.6 Å². The fourth-order valence-electron chi connectivity index (χ4n) is 1.85. The lowest BCUT2D eigenvalue weighted by Crippen LogP contribution is -2.07. The number of carboxylic acids is 1. The smallest absolute Gasteiger partial charge is 0.337 e. The van der Waals surface area contributed by atoms with Gasteiger partial charge in [-0.25, -0.2) is 9.78 Å². The van der Waals surface area contributed by atoms with Crippen molar-refractivity contribution >= 4 is 11.7 Å². The van der Waals surface area contributed by atoms with Gasteiger partial charge in [0.1, 0.15) is 0 Å². The predicted molar refractivity (Wildman–Crippen MR) is 69.1 cm³/mol. The van der Waals surface area contributed by atoms with E-state index in [9.17, 15) is 4.79 Å². The van der Waals surface area contributed by atoms with Crippen molar-refractivity contribution in [1.82, 2.24) is 9.55 Å². The molecule has 18 heavy (non-hydrogen) atoms. The Morgan fingerprint density at radius 1 is 1.33 bits per heavy atom. The van der Waals surface area contributed by atoms with Gasteiger partial charge in [0.05, 0.1) is 17.6 Å². The van der Waals surface area contributed by atoms with E-state index in [1.54, 1.807) is 19.3 Å². The van der Waals surface area contributed by atoms with E-state index in [2.05, 4.69) is 4.98 Å². The van der Waals surface area contributed by atoms with Gasteiger partial charge in [-0.1, -0.05) is 0 Å². The van der Waals surface area contributed by atoms with Gasteiger partial charge in [0.2, 0.25) is 0 Å². The van der Waals surface area contributed by atoms with Crippen LogP contribution in [0.3, 0.4) is 0 Å². The van der Waals surface area contributed by atoms with Crippen molar-refractivity contribution in [2.24, 2.45) is 0 Å². The first-order chi connectivity index (χ1) is 8.41. The minimum atomic E-state index is -1.02. The number of nitrogens with zero attached hydrogens (tertiary/aromatic N) is 2. The maximum absolute atomic E-state index is 11.1. The molecule has 94 valence electrons. The lowest BCUT2D eigenvalue weighted by Gasteiger charge is -2.11. The van der Waals surface area contributed by atoms with Crippen molar-refractivity contribution in [3.63, 3.8) is 0 Å². The molecule has 1 aromatic heterocycles. The zero-order chi connectivity index (χ0) is 13.4. The van der Waals surface area contributed by atoms with Crippen molar-refractivity contribution in [3.05, 3.63) is 41.0 Å². The number of anilines is 1. The number of benzene rings is 1. The van der Waals surface area contributed by atoms with Gasteiger partial charge in [-0.05, 0) is 38.5 Å². The number of rotatable bonds is 2. The van der Waals surface area contributed by atoms with E-state index in [0.29, 0.717) is 5.69 Å². The van der Waals surface area contributed by atoms with Crippen LogP contribution in [0.1, 0.15) is 27.3 Å². The van der Waals surface area contributed by atoms with E-state index in [0.717, 1.165) is 22.6 Å². The summed E-state index contributed by atoms with van der Waals surface area (Å²) in [4.78, 5) is 15.3. The molecule has 1 aromatic carbocycles. The number of nitrogens with two attached hydrogens (primary N) is 1. The molecular weight excluding hydrogens is 230 g/mol. The highest BCUT2D eigenvalue weighted by atomic mass is 16.4. The summed E-state index contributed by atoms with van der Waals surface area (Å²) < 4.78 is 1.86. The molecule has 0 unspecified atom stereocenters. The minimum Gasteiger partial charge on any atom is -0.478 e. The number of carboxylic acid groups (broad SMARTS) is 1. The van der Waals surface area contributed by atoms with Gasteiger partial charge in [0.25, 0.3) is 0 Å². The van der Waals surface area contributed by atoms with Crippen LogP contribution < -0.4 is 5.73 Å². The quantitative estimate of drug-likeness (QED) is 0.794. The third-order valence-electron chi connectivity index (χ3n) is 3.13. The fourth-order valence-corrected chi connectivity index (χ4v) is 1.85. The minimum absolute atomic E-state index is 0.121. The number of hydrogen-bond acceptors (Lipinski definition) is 3. The SMILES string of the molecule is Cc1cc(-n2cnc(C)c2C)cc(C(=O)O)c1N. The molecule has 0 aliphatic carbocycles. The second kappa shape index (κ2) is 4.18. The van der Waals surface area contributed by atoms with Crippen LogP contribution in [0, 0.1) is 20.8 Å². The van der Waals surface area contributed by atoms with Crippen LogP contribution in [-0.2, 0) is 0 Å². The van der Waals surface area contributed by atoms with Crippen LogP contribution >= 0.6 is 0 Å². The number of nitrogen functional groups attached to an aromatic ring is 1. The van der Waals surface area contributed by atoms with Gasteiger partial charge in [0.15, 0.2) is 0 Å². The second-order valence-corrected chi connectivity index (χ2v) is 4.31. The molecule has 0 fully saturated rings. The van der Waals surface area contributed by atoms with Crippen molar-refractivity contribution in [2.45, 2.75) is 20.8 Å². The zero-order valence-corrected chi connectivity index (χ0v) is 10.6. The zero-order valence-electron chi connectivity index (χ0n) is 10.6. The largest absolute Gasteiger partial charge is 0.478 e. The molecule has 1 heterocycles. The third-order valence-corrected chi connectivity index (χ3v) is 3.13. The van der Waals surface area contributed by atoms with E-state index < -0.39 is 5.97 Å². The maximum atomic E-state index is 11.1. The molecule has 0 aliphatic rings. The van der Waals surface area contributed by atoms with Gasteiger partial charge >= 0.3 is 5.97 Å². The summed E-state index contributed by atoms with van der Waals surface area (Å²) in [6, 6.07) is 3.43. The van der Waals surface area contributed by atoms with Gasteiger partial charge in [-0.2, -0.15) is 0 Å². The normalized spacial score (nSPS) is 10.6. The first kappa shape index (κ1) is 12.2. The Labute approximate surface area is 105 Å². The summed E-state index contributed by atoms with van der Waals surface area (Å²) in [6.07, 6.45) is 1.68. The number of aromatic nitrogens is 2. The average Bonchev–Trinajstić information content (AvgIpc) is 2.63. The van der Waals surface area contributed by atoms with E-state index in [1.807, 2.05) is 24.5 Å². The molecule has 0 saturated heterocycles. The van der Waals surface area contributed by atoms with E-state index in [4.69, 9.17) is 10.8 Å². The number of carbonyl (C=O) groups is 1. The molecule has 0 amide bonds. The number of hydrogen-bond donors (Lipinski definition) is 2. The summed E-state index contributed by atoms with van der Waals surface area (Å²) in [6.45, 7) is 5.65. The molecule has 2 rings (SSSR count). The van der Waals surface area contributed by atoms with E-state index in [-0.39, 0.29) is 5.56 Å². The summed E-state index contributed by atoms with van der Waals surface area (Å²) in [7, 11) is 0. The second-order valence-electron chi connectivity index (χ2n) is 4.31. The molecule has 5 heteroatoms. The Morgan fingerprint density at radius 3 is 2.50 bits per heavy atom. The van der Waals surface area contributed by atoms with Crippen LogP contribution in [0.4, 0.5) is 5.69 Å². The Kier molecular flexibility index (Phi) is 2.82. The molecule has 3 N–H and O–H groups in total. The first-order valence-electron chi connectivity index (χ1n) is 5.56. The topological polar surface area (TPSA) is 81.1 Å². The Balaban J connectivity index is 2.66. The lowest BCUT2D eigenvalue weighted by atomic mass is 10.1. The monoisotopic (exact) mass is 245 g/mol. The number of aryl methyl sites for hydroxylation is 2. The van der Waals surface area contributed by atoms with Crippen LogP contribution in [0.2, 0.25) is 0 Å². The van der Waals surface area contributed by atoms with Crippen LogP contribution in [0.15, 0.2) is 18.5 Å². The first-order valence-corrected chi connectivity index (χ1v) is 5.56. The molecular formula is C13H15N3O2. The molecule has 0 radical (unpaired) electrons. The van der Waals surface area contributed by atoms with Gasteiger partial charge in [0, 0.05) is 17.1 Å². The molecule has 0 aliphatic heterocycles. The highest BCUT2D eigenvalue weighted by Crippen LogP contribution is 2.23. The Morgan fingerprint density at radius 2 is 2.00 bits per heavy atom. The van der Waals surface area contributed by atoms with Gasteiger partial charge < -0.3 is 15.4 Å². The van der Waals surface area contributed by atoms with Crippen molar-refractivity contribution < 1.29 is 9.90 Å². The van der Waals surface area contributed by atoms with Crippen molar-refractivity contribution in [3.8, 4) is 5.69 Å². The lowest BCUT2D eigenvalue weighted by molar-refractivity contribution is 0.0698. The molecule has 0 bridgehead atoms. The average molecular weight is 245 g/mol. The molecule has 0 spiro atoms. The molecule has 0 saturated carbocycles. The Hall–Kier alpha value is -2.30. The maximum Gasteiger partial charge on any atom is 0.337 e. The standard InChI is InChI=1S/C13H15N3O2/c1-7-4-10(5-11(12(7)14)13(17)18)16-6-15-8(2)9(16)3/h4-6H,14H2,1-3H3,(H,17,18). The molecule has 5 nitrogen and oxygen atoms in total. The highest BCUT2D eigenvalue weighted by molar-refractivity contribution is 5.95. The summed E-state index contributed by atoms with van der Waals surface area (Å²) in [5, 5.41) is 9.13. The summed E-state index contributed by atoms with van der Waals surface area (Å²) >= 11 is 0. The summed E-state index contributed by atoms with van der Waals surface area (Å²) in [5.74, 6) is -1.02. The predicted octanol–water partition coefficient (Wildman–Crippen LogP) is 2.08. The molecule has 0 atom stereocenters. The van der Waals surface area contributed by atoms with E-state index in [1.165, 1.54) is 0 Å². The van der Waals surface area contributed by atoms with Crippen molar-refractivity contribution in [1.29, 1.82) is 0 Å².